The van der Waals surface area contributed by atoms with Crippen molar-refractivity contribution < 1.29 is 17.5 Å². The van der Waals surface area contributed by atoms with Crippen molar-refractivity contribution in [2.45, 2.75) is 0 Å². The lowest BCUT2D eigenvalue weighted by Gasteiger charge is -2.38. The summed E-state index contributed by atoms with van der Waals surface area (Å²) in [5.41, 5.74) is 0. The maximum atomic E-state index is 13.2. The number of anilines is 1. The molecule has 0 amide bonds. The van der Waals surface area contributed by atoms with Crippen molar-refractivity contribution in [3.63, 3.8) is 0 Å². The Morgan fingerprint density at radius 1 is 1.00 bits per heavy atom. The number of piperazine rings is 1. The largest absolute Gasteiger partial charge is 0.379 e. The molecule has 9 heteroatoms. The van der Waals surface area contributed by atoms with Crippen molar-refractivity contribution in [3.05, 3.63) is 24.1 Å². The van der Waals surface area contributed by atoms with Crippen LogP contribution in [0.4, 0.5) is 10.2 Å². The summed E-state index contributed by atoms with van der Waals surface area (Å²) < 4.78 is 46.4. The van der Waals surface area contributed by atoms with Gasteiger partial charge in [-0.2, -0.15) is 21.4 Å². The number of pyridine rings is 1. The molecular weight excluding hydrogens is 311 g/mol. The molecule has 2 fully saturated rings. The molecule has 0 bridgehead atoms. The standard InChI is InChI=1S/C13H19FN4O3S/c14-12-2-1-3-13(15-12)16-4-6-17(7-5-16)22(19,20)18-8-10-21-11-9-18/h1-3H,4-11H2. The van der Waals surface area contributed by atoms with Gasteiger partial charge < -0.3 is 9.64 Å². The Labute approximate surface area is 129 Å². The molecule has 0 radical (unpaired) electrons. The van der Waals surface area contributed by atoms with Crippen molar-refractivity contribution in [1.82, 2.24) is 13.6 Å². The smallest absolute Gasteiger partial charge is 0.282 e. The lowest BCUT2D eigenvalue weighted by molar-refractivity contribution is 0.0700. The summed E-state index contributed by atoms with van der Waals surface area (Å²) in [5.74, 6) is 0.0179. The molecule has 0 N–H and O–H groups in total. The van der Waals surface area contributed by atoms with Gasteiger partial charge in [0.05, 0.1) is 13.2 Å². The van der Waals surface area contributed by atoms with E-state index in [0.29, 0.717) is 58.3 Å². The number of nitrogens with zero attached hydrogens (tertiary/aromatic N) is 4. The van der Waals surface area contributed by atoms with Crippen molar-refractivity contribution >= 4 is 16.0 Å². The zero-order valence-corrected chi connectivity index (χ0v) is 13.0. The minimum Gasteiger partial charge on any atom is -0.379 e. The summed E-state index contributed by atoms with van der Waals surface area (Å²) in [7, 11) is -3.43. The second-order valence-corrected chi connectivity index (χ2v) is 7.15. The van der Waals surface area contributed by atoms with Gasteiger partial charge in [0.15, 0.2) is 0 Å². The van der Waals surface area contributed by atoms with Gasteiger partial charge in [-0.3, -0.25) is 0 Å². The zero-order valence-electron chi connectivity index (χ0n) is 12.2. The molecular formula is C13H19FN4O3S. The molecule has 3 heterocycles. The van der Waals surface area contributed by atoms with Gasteiger partial charge in [0.2, 0.25) is 5.95 Å². The van der Waals surface area contributed by atoms with Crippen LogP contribution in [-0.4, -0.2) is 74.5 Å². The lowest BCUT2D eigenvalue weighted by Crippen LogP contribution is -2.55. The fraction of sp³-hybridized carbons (Fsp3) is 0.615. The first kappa shape index (κ1) is 15.6. The Kier molecular flexibility index (Phi) is 4.57. The fourth-order valence-electron chi connectivity index (χ4n) is 2.66. The fourth-order valence-corrected chi connectivity index (χ4v) is 4.22. The first-order chi connectivity index (χ1) is 10.6. The van der Waals surface area contributed by atoms with Crippen molar-refractivity contribution in [1.29, 1.82) is 0 Å². The molecule has 3 rings (SSSR count). The van der Waals surface area contributed by atoms with Crippen molar-refractivity contribution in [3.8, 4) is 0 Å². The summed E-state index contributed by atoms with van der Waals surface area (Å²) in [6.45, 7) is 3.41. The van der Waals surface area contributed by atoms with E-state index in [0.717, 1.165) is 0 Å². The van der Waals surface area contributed by atoms with Crippen LogP contribution in [-0.2, 0) is 14.9 Å². The van der Waals surface area contributed by atoms with Crippen LogP contribution < -0.4 is 4.90 Å². The van der Waals surface area contributed by atoms with Crippen molar-refractivity contribution in [2.75, 3.05) is 57.4 Å². The molecule has 2 aliphatic heterocycles. The maximum Gasteiger partial charge on any atom is 0.282 e. The minimum atomic E-state index is -3.43. The van der Waals surface area contributed by atoms with Gasteiger partial charge in [0, 0.05) is 39.3 Å². The van der Waals surface area contributed by atoms with Gasteiger partial charge in [0.1, 0.15) is 5.82 Å². The molecule has 0 spiro atoms. The van der Waals surface area contributed by atoms with Crippen LogP contribution in [0, 0.1) is 5.95 Å². The minimum absolute atomic E-state index is 0.373. The molecule has 22 heavy (non-hydrogen) atoms. The molecule has 0 unspecified atom stereocenters. The van der Waals surface area contributed by atoms with Gasteiger partial charge in [-0.1, -0.05) is 6.07 Å². The van der Waals surface area contributed by atoms with E-state index in [-0.39, 0.29) is 0 Å². The zero-order chi connectivity index (χ0) is 15.6. The third-order valence-corrected chi connectivity index (χ3v) is 5.92. The Hall–Kier alpha value is -1.29. The molecule has 0 aliphatic carbocycles. The predicted molar refractivity (Wildman–Crippen MR) is 79.3 cm³/mol. The quantitative estimate of drug-likeness (QED) is 0.725. The van der Waals surface area contributed by atoms with Gasteiger partial charge in [-0.15, -0.1) is 0 Å². The van der Waals surface area contributed by atoms with E-state index in [1.807, 2.05) is 4.90 Å². The Morgan fingerprint density at radius 2 is 1.64 bits per heavy atom. The van der Waals surface area contributed by atoms with Gasteiger partial charge >= 0.3 is 0 Å². The molecule has 122 valence electrons. The SMILES string of the molecule is O=S(=O)(N1CCOCC1)N1CCN(c2cccc(F)n2)CC1. The third kappa shape index (κ3) is 3.22. The van der Waals surface area contributed by atoms with Crippen LogP contribution in [0.15, 0.2) is 18.2 Å². The highest BCUT2D eigenvalue weighted by Crippen LogP contribution is 2.18. The molecule has 0 saturated carbocycles. The highest BCUT2D eigenvalue weighted by Gasteiger charge is 2.33. The third-order valence-electron chi connectivity index (χ3n) is 3.89. The molecule has 2 aliphatic rings. The molecule has 0 aromatic carbocycles. The molecule has 2 saturated heterocycles. The van der Waals surface area contributed by atoms with E-state index in [9.17, 15) is 12.8 Å². The molecule has 1 aromatic rings. The Bertz CT molecular complexity index is 613. The van der Waals surface area contributed by atoms with Crippen LogP contribution in [0.3, 0.4) is 0 Å². The summed E-state index contributed by atoms with van der Waals surface area (Å²) in [4.78, 5) is 5.74. The monoisotopic (exact) mass is 330 g/mol. The van der Waals surface area contributed by atoms with Crippen LogP contribution in [0.2, 0.25) is 0 Å². The van der Waals surface area contributed by atoms with E-state index < -0.39 is 16.2 Å². The van der Waals surface area contributed by atoms with E-state index >= 15 is 0 Å². The Balaban J connectivity index is 1.63. The average molecular weight is 330 g/mol. The average Bonchev–Trinajstić information content (AvgIpc) is 2.56. The first-order valence-corrected chi connectivity index (χ1v) is 8.67. The van der Waals surface area contributed by atoms with Gasteiger partial charge in [0.25, 0.3) is 10.2 Å². The molecule has 0 atom stereocenters. The summed E-state index contributed by atoms with van der Waals surface area (Å²) >= 11 is 0. The number of hydrogen-bond donors (Lipinski definition) is 0. The number of hydrogen-bond acceptors (Lipinski definition) is 5. The van der Waals surface area contributed by atoms with E-state index in [2.05, 4.69) is 4.98 Å². The summed E-state index contributed by atoms with van der Waals surface area (Å²) in [6, 6.07) is 4.63. The first-order valence-electron chi connectivity index (χ1n) is 7.28. The second kappa shape index (κ2) is 6.45. The normalized spacial score (nSPS) is 22.0. The summed E-state index contributed by atoms with van der Waals surface area (Å²) in [5, 5.41) is 0. The highest BCUT2D eigenvalue weighted by atomic mass is 32.2. The predicted octanol–water partition coefficient (Wildman–Crippen LogP) is -0.0803. The van der Waals surface area contributed by atoms with E-state index in [1.54, 1.807) is 12.1 Å². The molecule has 7 nitrogen and oxygen atoms in total. The molecule has 1 aromatic heterocycles. The van der Waals surface area contributed by atoms with E-state index in [1.165, 1.54) is 14.7 Å². The van der Waals surface area contributed by atoms with Crippen LogP contribution in [0.5, 0.6) is 0 Å². The second-order valence-electron chi connectivity index (χ2n) is 5.22. The number of rotatable bonds is 3. The van der Waals surface area contributed by atoms with Gasteiger partial charge in [-0.25, -0.2) is 4.98 Å². The van der Waals surface area contributed by atoms with Crippen LogP contribution >= 0.6 is 0 Å². The van der Waals surface area contributed by atoms with Crippen molar-refractivity contribution in [2.24, 2.45) is 0 Å². The number of morpholine rings is 1. The maximum absolute atomic E-state index is 13.2. The summed E-state index contributed by atoms with van der Waals surface area (Å²) in [6.07, 6.45) is 0. The Morgan fingerprint density at radius 3 is 2.27 bits per heavy atom. The highest BCUT2D eigenvalue weighted by molar-refractivity contribution is 7.86. The number of aromatic nitrogens is 1. The van der Waals surface area contributed by atoms with Crippen LogP contribution in [0.1, 0.15) is 0 Å². The van der Waals surface area contributed by atoms with E-state index in [4.69, 9.17) is 4.74 Å². The lowest BCUT2D eigenvalue weighted by atomic mass is 10.3. The topological polar surface area (TPSA) is 66.0 Å². The number of ether oxygens (including phenoxy) is 1. The van der Waals surface area contributed by atoms with Crippen LogP contribution in [0.25, 0.3) is 0 Å². The number of halogens is 1. The van der Waals surface area contributed by atoms with Gasteiger partial charge in [-0.05, 0) is 12.1 Å².